The number of ether oxygens (including phenoxy) is 1. The summed E-state index contributed by atoms with van der Waals surface area (Å²) in [5.74, 6) is 0.640. The summed E-state index contributed by atoms with van der Waals surface area (Å²) < 4.78 is 6.29. The Hall–Kier alpha value is -1.60. The van der Waals surface area contributed by atoms with Gasteiger partial charge in [-0.2, -0.15) is 0 Å². The maximum absolute atomic E-state index is 12.5. The lowest BCUT2D eigenvalue weighted by Crippen LogP contribution is -2.46. The molecule has 2 rings (SSSR count). The van der Waals surface area contributed by atoms with Gasteiger partial charge in [0.2, 0.25) is 5.91 Å². The molecule has 1 atom stereocenters. The van der Waals surface area contributed by atoms with Gasteiger partial charge in [0.25, 0.3) is 5.91 Å². The highest BCUT2D eigenvalue weighted by Gasteiger charge is 2.28. The highest BCUT2D eigenvalue weighted by Crippen LogP contribution is 2.34. The van der Waals surface area contributed by atoms with E-state index in [0.717, 1.165) is 10.9 Å². The standard InChI is InChI=1S/C17H24BrN3O3/c1-11(2)13(19)6-7-20(3)16(22)9-21-14-5-4-12(18)8-15(14)24-10-17(21)23/h4-5,8,11,13H,6-7,9-10,19H2,1-3H3. The molecule has 1 aromatic carbocycles. The van der Waals surface area contributed by atoms with Gasteiger partial charge < -0.3 is 15.4 Å². The first kappa shape index (κ1) is 18.7. The summed E-state index contributed by atoms with van der Waals surface area (Å²) in [6.07, 6.45) is 0.737. The SMILES string of the molecule is CC(C)C(N)CCN(C)C(=O)CN1C(=O)COc2cc(Br)ccc21. The minimum absolute atomic E-state index is 0.00421. The first-order chi connectivity index (χ1) is 11.3. The molecule has 2 amide bonds. The van der Waals surface area contributed by atoms with Gasteiger partial charge in [-0.3, -0.25) is 14.5 Å². The summed E-state index contributed by atoms with van der Waals surface area (Å²) in [6, 6.07) is 5.45. The van der Waals surface area contributed by atoms with Crippen LogP contribution < -0.4 is 15.4 Å². The van der Waals surface area contributed by atoms with E-state index in [4.69, 9.17) is 10.5 Å². The third-order valence-corrected chi connectivity index (χ3v) is 4.73. The fraction of sp³-hybridized carbons (Fsp3) is 0.529. The molecule has 0 fully saturated rings. The van der Waals surface area contributed by atoms with E-state index in [2.05, 4.69) is 29.8 Å². The van der Waals surface area contributed by atoms with Crippen LogP contribution >= 0.6 is 15.9 Å². The molecule has 132 valence electrons. The number of fused-ring (bicyclic) bond motifs is 1. The Labute approximate surface area is 151 Å². The highest BCUT2D eigenvalue weighted by molar-refractivity contribution is 9.10. The normalized spacial score (nSPS) is 15.1. The van der Waals surface area contributed by atoms with Crippen LogP contribution in [0.5, 0.6) is 5.75 Å². The maximum Gasteiger partial charge on any atom is 0.265 e. The zero-order valence-corrected chi connectivity index (χ0v) is 15.9. The van der Waals surface area contributed by atoms with E-state index in [0.29, 0.717) is 23.9 Å². The smallest absolute Gasteiger partial charge is 0.265 e. The number of carbonyl (C=O) groups excluding carboxylic acids is 2. The second kappa shape index (κ2) is 7.98. The van der Waals surface area contributed by atoms with Gasteiger partial charge in [-0.15, -0.1) is 0 Å². The third kappa shape index (κ3) is 4.48. The molecule has 0 bridgehead atoms. The second-order valence-corrected chi connectivity index (χ2v) is 7.31. The van der Waals surface area contributed by atoms with Gasteiger partial charge in [-0.05, 0) is 30.5 Å². The number of halogens is 1. The number of rotatable bonds is 6. The Balaban J connectivity index is 2.02. The van der Waals surface area contributed by atoms with E-state index in [9.17, 15) is 9.59 Å². The molecule has 0 aliphatic carbocycles. The molecule has 1 aromatic rings. The molecule has 0 saturated carbocycles. The van der Waals surface area contributed by atoms with Gasteiger partial charge in [0, 0.05) is 24.1 Å². The first-order valence-electron chi connectivity index (χ1n) is 8.02. The number of hydrogen-bond donors (Lipinski definition) is 1. The molecule has 7 heteroatoms. The molecule has 24 heavy (non-hydrogen) atoms. The molecule has 0 radical (unpaired) electrons. The van der Waals surface area contributed by atoms with Gasteiger partial charge in [0.1, 0.15) is 12.3 Å². The Morgan fingerprint density at radius 2 is 2.17 bits per heavy atom. The van der Waals surface area contributed by atoms with Gasteiger partial charge in [0.05, 0.1) is 5.69 Å². The summed E-state index contributed by atoms with van der Waals surface area (Å²) in [5, 5.41) is 0. The van der Waals surface area contributed by atoms with Crippen molar-refractivity contribution in [3.8, 4) is 5.75 Å². The zero-order chi connectivity index (χ0) is 17.9. The lowest BCUT2D eigenvalue weighted by atomic mass is 10.0. The monoisotopic (exact) mass is 397 g/mol. The van der Waals surface area contributed by atoms with E-state index in [-0.39, 0.29) is 31.0 Å². The number of nitrogens with zero attached hydrogens (tertiary/aromatic N) is 2. The van der Waals surface area contributed by atoms with Gasteiger partial charge >= 0.3 is 0 Å². The molecule has 6 nitrogen and oxygen atoms in total. The van der Waals surface area contributed by atoms with E-state index in [1.807, 2.05) is 6.07 Å². The Morgan fingerprint density at radius 1 is 1.46 bits per heavy atom. The Bertz CT molecular complexity index is 621. The number of anilines is 1. The second-order valence-electron chi connectivity index (χ2n) is 6.39. The van der Waals surface area contributed by atoms with E-state index < -0.39 is 0 Å². The lowest BCUT2D eigenvalue weighted by Gasteiger charge is -2.30. The summed E-state index contributed by atoms with van der Waals surface area (Å²) in [6.45, 7) is 4.65. The summed E-state index contributed by atoms with van der Waals surface area (Å²) in [4.78, 5) is 27.7. The van der Waals surface area contributed by atoms with Crippen molar-refractivity contribution in [2.75, 3.05) is 31.6 Å². The number of amides is 2. The average Bonchev–Trinajstić information content (AvgIpc) is 2.54. The zero-order valence-electron chi connectivity index (χ0n) is 14.3. The number of carbonyl (C=O) groups is 2. The fourth-order valence-electron chi connectivity index (χ4n) is 2.41. The minimum Gasteiger partial charge on any atom is -0.482 e. The van der Waals surface area contributed by atoms with Crippen LogP contribution in [0.15, 0.2) is 22.7 Å². The Kier molecular flexibility index (Phi) is 6.23. The molecular weight excluding hydrogens is 374 g/mol. The van der Waals surface area contributed by atoms with Crippen molar-refractivity contribution in [2.45, 2.75) is 26.3 Å². The molecule has 2 N–H and O–H groups in total. The van der Waals surface area contributed by atoms with E-state index >= 15 is 0 Å². The molecule has 1 aliphatic rings. The maximum atomic E-state index is 12.5. The largest absolute Gasteiger partial charge is 0.482 e. The quantitative estimate of drug-likeness (QED) is 0.796. The van der Waals surface area contributed by atoms with Crippen molar-refractivity contribution in [1.82, 2.24) is 4.90 Å². The van der Waals surface area contributed by atoms with Gasteiger partial charge in [0.15, 0.2) is 6.61 Å². The molecular formula is C17H24BrN3O3. The predicted octanol–water partition coefficient (Wildman–Crippen LogP) is 2.01. The summed E-state index contributed by atoms with van der Waals surface area (Å²) in [7, 11) is 1.74. The van der Waals surface area contributed by atoms with Crippen LogP contribution in [0.3, 0.4) is 0 Å². The third-order valence-electron chi connectivity index (χ3n) is 4.24. The highest BCUT2D eigenvalue weighted by atomic mass is 79.9. The summed E-state index contributed by atoms with van der Waals surface area (Å²) in [5.41, 5.74) is 6.65. The van der Waals surface area contributed by atoms with Crippen LogP contribution in [-0.4, -0.2) is 49.5 Å². The number of nitrogens with two attached hydrogens (primary N) is 1. The van der Waals surface area contributed by atoms with Crippen molar-refractivity contribution in [2.24, 2.45) is 11.7 Å². The first-order valence-corrected chi connectivity index (χ1v) is 8.81. The van der Waals surface area contributed by atoms with Crippen LogP contribution in [0.25, 0.3) is 0 Å². The lowest BCUT2D eigenvalue weighted by molar-refractivity contribution is -0.131. The van der Waals surface area contributed by atoms with Crippen LogP contribution in [0.4, 0.5) is 5.69 Å². The van der Waals surface area contributed by atoms with Crippen LogP contribution in [-0.2, 0) is 9.59 Å². The Morgan fingerprint density at radius 3 is 2.83 bits per heavy atom. The van der Waals surface area contributed by atoms with Crippen molar-refractivity contribution in [3.63, 3.8) is 0 Å². The summed E-state index contributed by atoms with van der Waals surface area (Å²) >= 11 is 3.37. The molecule has 1 heterocycles. The van der Waals surface area contributed by atoms with E-state index in [1.165, 1.54) is 4.90 Å². The topological polar surface area (TPSA) is 75.9 Å². The molecule has 1 aliphatic heterocycles. The number of benzene rings is 1. The van der Waals surface area contributed by atoms with Crippen LogP contribution in [0.2, 0.25) is 0 Å². The van der Waals surface area contributed by atoms with E-state index in [1.54, 1.807) is 24.1 Å². The molecule has 0 saturated heterocycles. The van der Waals surface area contributed by atoms with Gasteiger partial charge in [-0.25, -0.2) is 0 Å². The molecule has 0 spiro atoms. The van der Waals surface area contributed by atoms with Crippen molar-refractivity contribution in [1.29, 1.82) is 0 Å². The van der Waals surface area contributed by atoms with Crippen LogP contribution in [0.1, 0.15) is 20.3 Å². The molecule has 0 aromatic heterocycles. The minimum atomic E-state index is -0.217. The number of hydrogen-bond acceptors (Lipinski definition) is 4. The number of likely N-dealkylation sites (N-methyl/N-ethyl adjacent to an activating group) is 1. The van der Waals surface area contributed by atoms with Crippen LogP contribution in [0, 0.1) is 5.92 Å². The average molecular weight is 398 g/mol. The van der Waals surface area contributed by atoms with Gasteiger partial charge in [-0.1, -0.05) is 29.8 Å². The predicted molar refractivity (Wildman–Crippen MR) is 97.1 cm³/mol. The van der Waals surface area contributed by atoms with Crippen molar-refractivity contribution >= 4 is 33.4 Å². The molecule has 1 unspecified atom stereocenters. The van der Waals surface area contributed by atoms with Crippen molar-refractivity contribution < 1.29 is 14.3 Å². The van der Waals surface area contributed by atoms with Crippen molar-refractivity contribution in [3.05, 3.63) is 22.7 Å². The fourth-order valence-corrected chi connectivity index (χ4v) is 2.75.